The summed E-state index contributed by atoms with van der Waals surface area (Å²) in [5.41, 5.74) is 2.80. The van der Waals surface area contributed by atoms with Crippen LogP contribution in [0.25, 0.3) is 17.3 Å². The van der Waals surface area contributed by atoms with Crippen LogP contribution >= 0.6 is 11.3 Å². The molecule has 0 saturated heterocycles. The average molecular weight is 364 g/mol. The van der Waals surface area contributed by atoms with Gasteiger partial charge < -0.3 is 9.47 Å². The predicted octanol–water partition coefficient (Wildman–Crippen LogP) is 4.50. The van der Waals surface area contributed by atoms with Crippen LogP contribution in [0.1, 0.15) is 10.4 Å². The summed E-state index contributed by atoms with van der Waals surface area (Å²) in [5.74, 6) is 1.19. The van der Waals surface area contributed by atoms with E-state index in [0.29, 0.717) is 10.9 Å². The molecular weight excluding hydrogens is 348 g/mol. The zero-order valence-corrected chi connectivity index (χ0v) is 14.9. The van der Waals surface area contributed by atoms with Gasteiger partial charge in [-0.2, -0.15) is 0 Å². The maximum absolute atomic E-state index is 12.2. The molecule has 4 rings (SSSR count). The van der Waals surface area contributed by atoms with Gasteiger partial charge in [0.15, 0.2) is 16.6 Å². The molecule has 0 radical (unpaired) electrons. The smallest absolute Gasteiger partial charge is 0.250 e. The molecule has 2 aromatic carbocycles. The van der Waals surface area contributed by atoms with Gasteiger partial charge in [0.05, 0.1) is 5.69 Å². The first kappa shape index (κ1) is 16.4. The van der Waals surface area contributed by atoms with Crippen LogP contribution in [0.2, 0.25) is 0 Å². The van der Waals surface area contributed by atoms with Gasteiger partial charge in [0, 0.05) is 16.5 Å². The molecule has 0 saturated carbocycles. The number of fused-ring (bicyclic) bond motifs is 1. The molecule has 6 heteroatoms. The van der Waals surface area contributed by atoms with E-state index in [4.69, 9.17) is 9.47 Å². The van der Waals surface area contributed by atoms with Gasteiger partial charge in [0.1, 0.15) is 0 Å². The maximum atomic E-state index is 12.2. The van der Waals surface area contributed by atoms with Gasteiger partial charge in [0.25, 0.3) is 0 Å². The number of carbonyl (C=O) groups excluding carboxylic acids is 1. The largest absolute Gasteiger partial charge is 0.454 e. The Bertz CT molecular complexity index is 980. The van der Waals surface area contributed by atoms with E-state index in [-0.39, 0.29) is 12.7 Å². The molecule has 0 fully saturated rings. The van der Waals surface area contributed by atoms with Crippen molar-refractivity contribution in [2.45, 2.75) is 6.92 Å². The molecule has 1 N–H and O–H groups in total. The highest BCUT2D eigenvalue weighted by molar-refractivity contribution is 7.16. The molecule has 0 bridgehead atoms. The van der Waals surface area contributed by atoms with Crippen LogP contribution in [0.5, 0.6) is 11.5 Å². The zero-order valence-electron chi connectivity index (χ0n) is 14.1. The van der Waals surface area contributed by atoms with Crippen molar-refractivity contribution < 1.29 is 14.3 Å². The lowest BCUT2D eigenvalue weighted by Crippen LogP contribution is -2.07. The van der Waals surface area contributed by atoms with Gasteiger partial charge in [-0.1, -0.05) is 36.4 Å². The van der Waals surface area contributed by atoms with E-state index in [1.54, 1.807) is 6.08 Å². The number of hydrogen-bond donors (Lipinski definition) is 1. The molecule has 1 aromatic heterocycles. The summed E-state index contributed by atoms with van der Waals surface area (Å²) >= 11 is 1.46. The number of aromatic nitrogens is 1. The summed E-state index contributed by atoms with van der Waals surface area (Å²) in [6.45, 7) is 2.23. The Morgan fingerprint density at radius 3 is 2.81 bits per heavy atom. The summed E-state index contributed by atoms with van der Waals surface area (Å²) in [5, 5.41) is 3.41. The van der Waals surface area contributed by atoms with Crippen molar-refractivity contribution in [1.29, 1.82) is 0 Å². The zero-order chi connectivity index (χ0) is 17.9. The molecule has 5 nitrogen and oxygen atoms in total. The molecule has 0 atom stereocenters. The van der Waals surface area contributed by atoms with Crippen molar-refractivity contribution in [2.24, 2.45) is 0 Å². The van der Waals surface area contributed by atoms with Gasteiger partial charge in [-0.15, -0.1) is 11.3 Å². The van der Waals surface area contributed by atoms with E-state index in [0.717, 1.165) is 27.4 Å². The molecular formula is C20H16N2O3S. The van der Waals surface area contributed by atoms with E-state index in [1.807, 2.05) is 55.5 Å². The lowest BCUT2D eigenvalue weighted by molar-refractivity contribution is -0.111. The second-order valence-corrected chi connectivity index (χ2v) is 6.93. The number of thiazole rings is 1. The highest BCUT2D eigenvalue weighted by atomic mass is 32.1. The van der Waals surface area contributed by atoms with Crippen molar-refractivity contribution in [3.05, 3.63) is 65.0 Å². The first-order valence-electron chi connectivity index (χ1n) is 8.10. The Morgan fingerprint density at radius 1 is 1.15 bits per heavy atom. The molecule has 0 aliphatic carbocycles. The Morgan fingerprint density at radius 2 is 1.96 bits per heavy atom. The minimum Gasteiger partial charge on any atom is -0.454 e. The molecule has 0 spiro atoms. The van der Waals surface area contributed by atoms with Crippen LogP contribution in [-0.4, -0.2) is 17.7 Å². The van der Waals surface area contributed by atoms with E-state index in [2.05, 4.69) is 10.3 Å². The molecule has 1 amide bonds. The first-order valence-corrected chi connectivity index (χ1v) is 8.92. The van der Waals surface area contributed by atoms with Gasteiger partial charge in [-0.25, -0.2) is 4.98 Å². The number of hydrogen-bond acceptors (Lipinski definition) is 5. The number of aryl methyl sites for hydroxylation is 1. The van der Waals surface area contributed by atoms with Crippen molar-refractivity contribution in [3.8, 4) is 22.8 Å². The Labute approximate surface area is 154 Å². The minimum atomic E-state index is -0.226. The van der Waals surface area contributed by atoms with Crippen molar-refractivity contribution in [3.63, 3.8) is 0 Å². The fourth-order valence-corrected chi connectivity index (χ4v) is 3.49. The molecule has 1 aliphatic rings. The van der Waals surface area contributed by atoms with Crippen LogP contribution in [0.15, 0.2) is 54.6 Å². The number of carbonyl (C=O) groups is 1. The first-order chi connectivity index (χ1) is 12.7. The predicted molar refractivity (Wildman–Crippen MR) is 103 cm³/mol. The number of ether oxygens (including phenoxy) is 2. The lowest BCUT2D eigenvalue weighted by atomic mass is 10.1. The fraction of sp³-hybridized carbons (Fsp3) is 0.100. The quantitative estimate of drug-likeness (QED) is 0.693. The summed E-state index contributed by atoms with van der Waals surface area (Å²) in [6, 6.07) is 15.5. The van der Waals surface area contributed by atoms with Gasteiger partial charge in [0.2, 0.25) is 12.7 Å². The number of amides is 1. The summed E-state index contributed by atoms with van der Waals surface area (Å²) in [7, 11) is 0. The van der Waals surface area contributed by atoms with E-state index < -0.39 is 0 Å². The number of nitrogens with zero attached hydrogens (tertiary/aromatic N) is 1. The normalized spacial score (nSPS) is 12.5. The van der Waals surface area contributed by atoms with E-state index >= 15 is 0 Å². The van der Waals surface area contributed by atoms with Crippen LogP contribution in [0.4, 0.5) is 5.13 Å². The third-order valence-electron chi connectivity index (χ3n) is 3.90. The number of rotatable bonds is 4. The average Bonchev–Trinajstić information content (AvgIpc) is 3.26. The molecule has 0 unspecified atom stereocenters. The lowest BCUT2D eigenvalue weighted by Gasteiger charge is -1.99. The molecule has 3 aromatic rings. The van der Waals surface area contributed by atoms with Gasteiger partial charge in [-0.3, -0.25) is 10.1 Å². The van der Waals surface area contributed by atoms with Gasteiger partial charge in [-0.05, 0) is 30.7 Å². The van der Waals surface area contributed by atoms with Crippen molar-refractivity contribution in [1.82, 2.24) is 4.98 Å². The van der Waals surface area contributed by atoms with Crippen LogP contribution < -0.4 is 14.8 Å². The number of benzene rings is 2. The second kappa shape index (κ2) is 7.01. The van der Waals surface area contributed by atoms with Crippen molar-refractivity contribution in [2.75, 3.05) is 12.1 Å². The Kier molecular flexibility index (Phi) is 4.41. The van der Waals surface area contributed by atoms with E-state index in [1.165, 1.54) is 17.4 Å². The van der Waals surface area contributed by atoms with Crippen LogP contribution in [-0.2, 0) is 4.79 Å². The molecule has 26 heavy (non-hydrogen) atoms. The Balaban J connectivity index is 1.45. The summed E-state index contributed by atoms with van der Waals surface area (Å²) < 4.78 is 10.6. The topological polar surface area (TPSA) is 60.5 Å². The highest BCUT2D eigenvalue weighted by Crippen LogP contribution is 2.33. The molecule has 1 aliphatic heterocycles. The number of nitrogens with one attached hydrogen (secondary N) is 1. The summed E-state index contributed by atoms with van der Waals surface area (Å²) in [6.07, 6.45) is 3.21. The second-order valence-electron chi connectivity index (χ2n) is 5.73. The van der Waals surface area contributed by atoms with E-state index in [9.17, 15) is 4.79 Å². The highest BCUT2D eigenvalue weighted by Gasteiger charge is 2.13. The third kappa shape index (κ3) is 3.45. The summed E-state index contributed by atoms with van der Waals surface area (Å²) in [4.78, 5) is 17.8. The monoisotopic (exact) mass is 364 g/mol. The minimum absolute atomic E-state index is 0.226. The third-order valence-corrected chi connectivity index (χ3v) is 4.78. The fourth-order valence-electron chi connectivity index (χ4n) is 2.65. The standard InChI is InChI=1S/C20H16N2O3S/c1-13-19(15-5-3-2-4-6-15)22-20(26-13)21-18(23)10-8-14-7-9-16-17(11-14)25-12-24-16/h2-11H,12H2,1H3,(H,21,22,23)/b10-8+. The molecule has 2 heterocycles. The molecule has 130 valence electrons. The van der Waals surface area contributed by atoms with Crippen molar-refractivity contribution >= 4 is 28.5 Å². The number of anilines is 1. The SMILES string of the molecule is Cc1sc(NC(=O)/C=C/c2ccc3c(c2)OCO3)nc1-c1ccccc1. The van der Waals surface area contributed by atoms with Crippen LogP contribution in [0, 0.1) is 6.92 Å². The Hall–Kier alpha value is -3.12. The maximum Gasteiger partial charge on any atom is 0.250 e. The van der Waals surface area contributed by atoms with Crippen LogP contribution in [0.3, 0.4) is 0 Å². The van der Waals surface area contributed by atoms with Gasteiger partial charge >= 0.3 is 0 Å².